The smallest absolute Gasteiger partial charge is 0.308 e. The predicted octanol–water partition coefficient (Wildman–Crippen LogP) is 2.13. The number of hydrogen-bond acceptors (Lipinski definition) is 6. The molecule has 1 N–H and O–H groups in total. The number of nitrogens with zero attached hydrogens (tertiary/aromatic N) is 1. The number of hydrogen-bond donors (Lipinski definition) is 1. The summed E-state index contributed by atoms with van der Waals surface area (Å²) in [5, 5.41) is 2.83. The number of amides is 1. The first-order chi connectivity index (χ1) is 14.9. The second kappa shape index (κ2) is 10.5. The molecule has 1 unspecified atom stereocenters. The summed E-state index contributed by atoms with van der Waals surface area (Å²) in [6.07, 6.45) is -0.0324. The molecule has 1 aliphatic rings. The molecular weight excluding hydrogens is 420 g/mol. The van der Waals surface area contributed by atoms with E-state index >= 15 is 0 Å². The topological polar surface area (TPSA) is 102 Å². The molecule has 1 atom stereocenters. The number of sulfonamides is 1. The van der Waals surface area contributed by atoms with E-state index in [4.69, 9.17) is 9.47 Å². The molecule has 1 saturated heterocycles. The molecule has 0 saturated carbocycles. The first kappa shape index (κ1) is 22.9. The van der Waals surface area contributed by atoms with Crippen LogP contribution in [0.4, 0.5) is 0 Å². The van der Waals surface area contributed by atoms with Crippen molar-refractivity contribution in [3.63, 3.8) is 0 Å². The molecule has 0 aliphatic carbocycles. The van der Waals surface area contributed by atoms with Crippen LogP contribution in [0.3, 0.4) is 0 Å². The van der Waals surface area contributed by atoms with Gasteiger partial charge in [0.15, 0.2) is 0 Å². The van der Waals surface area contributed by atoms with E-state index in [2.05, 4.69) is 5.32 Å². The normalized spacial score (nSPS) is 15.8. The third-order valence-corrected chi connectivity index (χ3v) is 6.78. The van der Waals surface area contributed by atoms with Gasteiger partial charge in [0.1, 0.15) is 0 Å². The highest BCUT2D eigenvalue weighted by molar-refractivity contribution is 7.89. The van der Waals surface area contributed by atoms with Crippen LogP contribution in [0.2, 0.25) is 0 Å². The van der Waals surface area contributed by atoms with Crippen LogP contribution in [0.1, 0.15) is 35.3 Å². The lowest BCUT2D eigenvalue weighted by Gasteiger charge is -2.26. The van der Waals surface area contributed by atoms with E-state index in [0.29, 0.717) is 13.2 Å². The van der Waals surface area contributed by atoms with Gasteiger partial charge in [-0.2, -0.15) is 4.31 Å². The molecule has 9 heteroatoms. The van der Waals surface area contributed by atoms with Gasteiger partial charge in [-0.3, -0.25) is 9.59 Å². The summed E-state index contributed by atoms with van der Waals surface area (Å²) in [6.45, 7) is 3.19. The van der Waals surface area contributed by atoms with Crippen LogP contribution in [-0.4, -0.2) is 57.5 Å². The van der Waals surface area contributed by atoms with Gasteiger partial charge in [-0.1, -0.05) is 36.4 Å². The molecule has 3 rings (SSSR count). The van der Waals surface area contributed by atoms with Crippen LogP contribution in [0.5, 0.6) is 0 Å². The highest BCUT2D eigenvalue weighted by atomic mass is 32.2. The minimum atomic E-state index is -3.73. The van der Waals surface area contributed by atoms with Gasteiger partial charge >= 0.3 is 5.97 Å². The molecule has 0 radical (unpaired) electrons. The Bertz CT molecular complexity index is 1000. The van der Waals surface area contributed by atoms with Crippen molar-refractivity contribution < 1.29 is 27.5 Å². The third kappa shape index (κ3) is 5.90. The van der Waals surface area contributed by atoms with Crippen molar-refractivity contribution in [1.82, 2.24) is 9.62 Å². The van der Waals surface area contributed by atoms with Crippen molar-refractivity contribution in [2.75, 3.05) is 32.9 Å². The summed E-state index contributed by atoms with van der Waals surface area (Å²) in [6, 6.07) is 14.4. The monoisotopic (exact) mass is 446 g/mol. The third-order valence-electron chi connectivity index (χ3n) is 4.89. The van der Waals surface area contributed by atoms with E-state index in [1.54, 1.807) is 13.0 Å². The first-order valence-corrected chi connectivity index (χ1v) is 11.5. The summed E-state index contributed by atoms with van der Waals surface area (Å²) in [5.41, 5.74) is 0.945. The van der Waals surface area contributed by atoms with Gasteiger partial charge in [0, 0.05) is 18.7 Å². The number of carbonyl (C=O) groups excluding carboxylic acids is 2. The number of morpholine rings is 1. The van der Waals surface area contributed by atoms with Crippen LogP contribution in [0, 0.1) is 0 Å². The second-order valence-electron chi connectivity index (χ2n) is 6.99. The van der Waals surface area contributed by atoms with Crippen LogP contribution in [0.25, 0.3) is 0 Å². The van der Waals surface area contributed by atoms with Gasteiger partial charge in [0.2, 0.25) is 10.0 Å². The minimum absolute atomic E-state index is 0.0324. The van der Waals surface area contributed by atoms with Crippen molar-refractivity contribution in [2.24, 2.45) is 0 Å². The fraction of sp³-hybridized carbons (Fsp3) is 0.364. The fourth-order valence-electron chi connectivity index (χ4n) is 3.30. The number of ether oxygens (including phenoxy) is 2. The average molecular weight is 447 g/mol. The van der Waals surface area contributed by atoms with E-state index < -0.39 is 27.9 Å². The number of benzene rings is 2. The van der Waals surface area contributed by atoms with Crippen molar-refractivity contribution in [1.29, 1.82) is 0 Å². The molecule has 1 heterocycles. The largest absolute Gasteiger partial charge is 0.466 e. The molecule has 166 valence electrons. The van der Waals surface area contributed by atoms with Crippen molar-refractivity contribution in [3.8, 4) is 0 Å². The summed E-state index contributed by atoms with van der Waals surface area (Å²) in [4.78, 5) is 25.0. The van der Waals surface area contributed by atoms with Crippen LogP contribution in [-0.2, 0) is 24.3 Å². The Labute approximate surface area is 182 Å². The fourth-order valence-corrected chi connectivity index (χ4v) is 4.75. The van der Waals surface area contributed by atoms with Gasteiger partial charge in [0.05, 0.1) is 37.2 Å². The van der Waals surface area contributed by atoms with Crippen molar-refractivity contribution in [2.45, 2.75) is 24.3 Å². The molecule has 8 nitrogen and oxygen atoms in total. The van der Waals surface area contributed by atoms with Crippen molar-refractivity contribution in [3.05, 3.63) is 65.7 Å². The summed E-state index contributed by atoms with van der Waals surface area (Å²) in [7, 11) is -3.73. The Kier molecular flexibility index (Phi) is 7.78. The summed E-state index contributed by atoms with van der Waals surface area (Å²) in [5.74, 6) is -0.905. The number of carbonyl (C=O) groups is 2. The molecule has 0 aromatic heterocycles. The Balaban J connectivity index is 1.80. The molecule has 2 aromatic carbocycles. The lowest BCUT2D eigenvalue weighted by atomic mass is 10.0. The Morgan fingerprint density at radius 1 is 1.10 bits per heavy atom. The van der Waals surface area contributed by atoms with Gasteiger partial charge in [0.25, 0.3) is 5.91 Å². The molecule has 0 bridgehead atoms. The van der Waals surface area contributed by atoms with Crippen LogP contribution >= 0.6 is 0 Å². The quantitative estimate of drug-likeness (QED) is 0.624. The SMILES string of the molecule is CCOC(=O)CC(NC(=O)c1cccc(S(=O)(=O)N2CCOCC2)c1)c1ccccc1. The van der Waals surface area contributed by atoms with Gasteiger partial charge < -0.3 is 14.8 Å². The average Bonchev–Trinajstić information content (AvgIpc) is 2.80. The Morgan fingerprint density at radius 2 is 1.81 bits per heavy atom. The number of rotatable bonds is 8. The second-order valence-corrected chi connectivity index (χ2v) is 8.93. The maximum atomic E-state index is 12.9. The maximum Gasteiger partial charge on any atom is 0.308 e. The van der Waals surface area contributed by atoms with E-state index in [0.717, 1.165) is 5.56 Å². The molecule has 0 spiro atoms. The van der Waals surface area contributed by atoms with E-state index in [9.17, 15) is 18.0 Å². The molecule has 1 fully saturated rings. The predicted molar refractivity (Wildman–Crippen MR) is 114 cm³/mol. The summed E-state index contributed by atoms with van der Waals surface area (Å²) >= 11 is 0. The molecule has 2 aromatic rings. The zero-order valence-electron chi connectivity index (χ0n) is 17.3. The number of esters is 1. The van der Waals surface area contributed by atoms with E-state index in [-0.39, 0.29) is 36.6 Å². The Morgan fingerprint density at radius 3 is 2.48 bits per heavy atom. The molecule has 31 heavy (non-hydrogen) atoms. The minimum Gasteiger partial charge on any atom is -0.466 e. The lowest BCUT2D eigenvalue weighted by molar-refractivity contribution is -0.143. The molecular formula is C22H26N2O6S. The van der Waals surface area contributed by atoms with Gasteiger partial charge in [-0.15, -0.1) is 0 Å². The summed E-state index contributed by atoms with van der Waals surface area (Å²) < 4.78 is 37.4. The highest BCUT2D eigenvalue weighted by Gasteiger charge is 2.27. The lowest BCUT2D eigenvalue weighted by Crippen LogP contribution is -2.40. The first-order valence-electron chi connectivity index (χ1n) is 10.1. The van der Waals surface area contributed by atoms with Gasteiger partial charge in [-0.05, 0) is 30.7 Å². The van der Waals surface area contributed by atoms with Crippen molar-refractivity contribution >= 4 is 21.9 Å². The van der Waals surface area contributed by atoms with E-state index in [1.165, 1.54) is 22.5 Å². The van der Waals surface area contributed by atoms with Gasteiger partial charge in [-0.25, -0.2) is 8.42 Å². The zero-order valence-corrected chi connectivity index (χ0v) is 18.1. The zero-order chi connectivity index (χ0) is 22.3. The number of nitrogens with one attached hydrogen (secondary N) is 1. The van der Waals surface area contributed by atoms with Crippen LogP contribution < -0.4 is 5.32 Å². The van der Waals surface area contributed by atoms with E-state index in [1.807, 2.05) is 30.3 Å². The Hall–Kier alpha value is -2.75. The maximum absolute atomic E-state index is 12.9. The van der Waals surface area contributed by atoms with Crippen LogP contribution in [0.15, 0.2) is 59.5 Å². The standard InChI is InChI=1S/C22H26N2O6S/c1-2-30-21(25)16-20(17-7-4-3-5-8-17)23-22(26)18-9-6-10-19(15-18)31(27,28)24-11-13-29-14-12-24/h3-10,15,20H,2,11-14,16H2,1H3,(H,23,26). The highest BCUT2D eigenvalue weighted by Crippen LogP contribution is 2.21. The molecule has 1 amide bonds. The molecule has 1 aliphatic heterocycles.